The molecule has 0 spiro atoms. The molecule has 0 amide bonds. The monoisotopic (exact) mass is 321 g/mol. The van der Waals surface area contributed by atoms with E-state index in [4.69, 9.17) is 11.2 Å². The number of hydrogen-bond acceptors (Lipinski definition) is 6. The van der Waals surface area contributed by atoms with Crippen molar-refractivity contribution in [3.63, 3.8) is 0 Å². The first-order chi connectivity index (χ1) is 11.2. The van der Waals surface area contributed by atoms with Crippen LogP contribution in [0, 0.1) is 12.3 Å². The zero-order valence-electron chi connectivity index (χ0n) is 12.0. The van der Waals surface area contributed by atoms with E-state index in [9.17, 15) is 4.79 Å². The highest BCUT2D eigenvalue weighted by Crippen LogP contribution is 2.21. The Labute approximate surface area is 137 Å². The molecular weight excluding hydrogens is 310 g/mol. The zero-order valence-corrected chi connectivity index (χ0v) is 12.8. The van der Waals surface area contributed by atoms with Gasteiger partial charge in [-0.15, -0.1) is 17.8 Å². The summed E-state index contributed by atoms with van der Waals surface area (Å²) in [5.41, 5.74) is 0.864. The van der Waals surface area contributed by atoms with Crippen LogP contribution in [0.4, 0.5) is 0 Å². The first-order valence-corrected chi connectivity index (χ1v) is 7.61. The summed E-state index contributed by atoms with van der Waals surface area (Å²) in [6, 6.07) is 6.84. The number of nitrogens with zero attached hydrogens (tertiary/aromatic N) is 3. The van der Waals surface area contributed by atoms with E-state index >= 15 is 0 Å². The lowest BCUT2D eigenvalue weighted by molar-refractivity contribution is 0.0988. The summed E-state index contributed by atoms with van der Waals surface area (Å²) in [5, 5.41) is 2.42. The highest BCUT2D eigenvalue weighted by Gasteiger charge is 2.12. The predicted octanol–water partition coefficient (Wildman–Crippen LogP) is 3.13. The smallest absolute Gasteiger partial charge is 0.188 e. The minimum Gasteiger partial charge on any atom is -0.456 e. The molecule has 0 bridgehead atoms. The number of thiazole rings is 1. The molecule has 6 heteroatoms. The molecule has 3 rings (SSSR count). The van der Waals surface area contributed by atoms with E-state index in [0.29, 0.717) is 27.9 Å². The Morgan fingerprint density at radius 1 is 1.30 bits per heavy atom. The number of ether oxygens (including phenoxy) is 1. The van der Waals surface area contributed by atoms with Crippen molar-refractivity contribution in [2.75, 3.05) is 0 Å². The van der Waals surface area contributed by atoms with E-state index in [1.165, 1.54) is 17.5 Å². The van der Waals surface area contributed by atoms with Gasteiger partial charge >= 0.3 is 0 Å². The van der Waals surface area contributed by atoms with Crippen LogP contribution in [0.15, 0.2) is 48.2 Å². The Balaban J connectivity index is 1.74. The highest BCUT2D eigenvalue weighted by molar-refractivity contribution is 7.09. The van der Waals surface area contributed by atoms with E-state index in [0.717, 1.165) is 0 Å². The van der Waals surface area contributed by atoms with Gasteiger partial charge < -0.3 is 4.74 Å². The Morgan fingerprint density at radius 2 is 2.22 bits per heavy atom. The first-order valence-electron chi connectivity index (χ1n) is 6.73. The van der Waals surface area contributed by atoms with E-state index in [2.05, 4.69) is 20.9 Å². The third-order valence-corrected chi connectivity index (χ3v) is 3.75. The normalized spacial score (nSPS) is 10.0. The third kappa shape index (κ3) is 3.78. The molecule has 0 aliphatic heterocycles. The summed E-state index contributed by atoms with van der Waals surface area (Å²) < 4.78 is 5.65. The van der Waals surface area contributed by atoms with Gasteiger partial charge in [-0.2, -0.15) is 0 Å². The van der Waals surface area contributed by atoms with Gasteiger partial charge in [-0.1, -0.05) is 0 Å². The molecule has 3 aromatic rings. The third-order valence-electron chi connectivity index (χ3n) is 2.90. The molecule has 5 nitrogen and oxygen atoms in total. The molecule has 112 valence electrons. The molecule has 23 heavy (non-hydrogen) atoms. The van der Waals surface area contributed by atoms with E-state index in [1.807, 2.05) is 0 Å². The number of carbonyl (C=O) groups is 1. The predicted molar refractivity (Wildman–Crippen MR) is 86.6 cm³/mol. The van der Waals surface area contributed by atoms with Crippen molar-refractivity contribution in [3.8, 4) is 23.8 Å². The number of rotatable bonds is 5. The van der Waals surface area contributed by atoms with Gasteiger partial charge in [0.25, 0.3) is 0 Å². The summed E-state index contributed by atoms with van der Waals surface area (Å²) in [7, 11) is 0. The largest absolute Gasteiger partial charge is 0.456 e. The lowest BCUT2D eigenvalue weighted by Crippen LogP contribution is -2.06. The average Bonchev–Trinajstić information content (AvgIpc) is 3.03. The average molecular weight is 321 g/mol. The summed E-state index contributed by atoms with van der Waals surface area (Å²) in [5.74, 6) is 3.42. The van der Waals surface area contributed by atoms with E-state index in [1.54, 1.807) is 42.0 Å². The number of aromatic nitrogens is 3. The summed E-state index contributed by atoms with van der Waals surface area (Å²) in [4.78, 5) is 24.5. The number of ketones is 1. The molecule has 0 aromatic carbocycles. The topological polar surface area (TPSA) is 65.0 Å². The van der Waals surface area contributed by atoms with Gasteiger partial charge in [-0.05, 0) is 24.1 Å². The van der Waals surface area contributed by atoms with E-state index in [-0.39, 0.29) is 12.2 Å². The van der Waals surface area contributed by atoms with Gasteiger partial charge in [0.2, 0.25) is 0 Å². The van der Waals surface area contributed by atoms with Crippen LogP contribution in [-0.2, 0) is 6.42 Å². The van der Waals surface area contributed by atoms with E-state index < -0.39 is 0 Å². The Morgan fingerprint density at radius 3 is 2.96 bits per heavy atom. The number of hydrogen-bond donors (Lipinski definition) is 0. The minimum absolute atomic E-state index is 0.139. The van der Waals surface area contributed by atoms with Gasteiger partial charge in [0, 0.05) is 23.8 Å². The van der Waals surface area contributed by atoms with Crippen molar-refractivity contribution in [2.45, 2.75) is 6.42 Å². The van der Waals surface area contributed by atoms with Crippen LogP contribution in [0.3, 0.4) is 0 Å². The maximum absolute atomic E-state index is 12.3. The Hall–Kier alpha value is -3.04. The van der Waals surface area contributed by atoms with Crippen LogP contribution >= 0.6 is 11.3 Å². The molecule has 0 radical (unpaired) electrons. The molecular formula is C17H11N3O2S. The molecule has 0 saturated carbocycles. The number of carbonyl (C=O) groups excluding carboxylic acids is 1. The summed E-state index contributed by atoms with van der Waals surface area (Å²) in [6.45, 7) is 0. The van der Waals surface area contributed by atoms with Crippen molar-refractivity contribution >= 4 is 17.1 Å². The SMILES string of the molecule is C#Cc1csc(CC(=O)c2cc(Oc3cccnc3)ccn2)n1. The highest BCUT2D eigenvalue weighted by atomic mass is 32.1. The lowest BCUT2D eigenvalue weighted by atomic mass is 10.2. The zero-order chi connectivity index (χ0) is 16.1. The fourth-order valence-electron chi connectivity index (χ4n) is 1.86. The van der Waals surface area contributed by atoms with Gasteiger partial charge in [0.15, 0.2) is 5.78 Å². The second kappa shape index (κ2) is 6.81. The van der Waals surface area contributed by atoms with Gasteiger partial charge in [0.05, 0.1) is 12.6 Å². The van der Waals surface area contributed by atoms with Crippen molar-refractivity contribution in [3.05, 3.63) is 64.6 Å². The van der Waals surface area contributed by atoms with Crippen LogP contribution in [-0.4, -0.2) is 20.7 Å². The van der Waals surface area contributed by atoms with Gasteiger partial charge in [-0.25, -0.2) is 4.98 Å². The van der Waals surface area contributed by atoms with Crippen molar-refractivity contribution < 1.29 is 9.53 Å². The van der Waals surface area contributed by atoms with Crippen LogP contribution in [0.5, 0.6) is 11.5 Å². The number of terminal acetylenes is 1. The van der Waals surface area contributed by atoms with Gasteiger partial charge in [-0.3, -0.25) is 14.8 Å². The fourth-order valence-corrected chi connectivity index (χ4v) is 2.59. The molecule has 3 aromatic heterocycles. The second-order valence-corrected chi connectivity index (χ2v) is 5.48. The minimum atomic E-state index is -0.139. The van der Waals surface area contributed by atoms with Crippen molar-refractivity contribution in [1.82, 2.24) is 15.0 Å². The molecule has 0 N–H and O–H groups in total. The quantitative estimate of drug-likeness (QED) is 0.533. The summed E-state index contributed by atoms with van der Waals surface area (Å²) >= 11 is 1.36. The van der Waals surface area contributed by atoms with Gasteiger partial charge in [0.1, 0.15) is 27.9 Å². The Kier molecular flexibility index (Phi) is 4.41. The molecule has 3 heterocycles. The first kappa shape index (κ1) is 14.9. The summed E-state index contributed by atoms with van der Waals surface area (Å²) in [6.07, 6.45) is 10.2. The molecule has 0 aliphatic rings. The molecule has 0 aliphatic carbocycles. The van der Waals surface area contributed by atoms with Crippen LogP contribution in [0.2, 0.25) is 0 Å². The van der Waals surface area contributed by atoms with Crippen molar-refractivity contribution in [2.24, 2.45) is 0 Å². The number of Topliss-reactive ketones (excluding diaryl/α,β-unsaturated/α-hetero) is 1. The molecule has 0 unspecified atom stereocenters. The fraction of sp³-hybridized carbons (Fsp3) is 0.0588. The molecule has 0 saturated heterocycles. The van der Waals surface area contributed by atoms with Crippen LogP contribution < -0.4 is 4.74 Å². The number of pyridine rings is 2. The van der Waals surface area contributed by atoms with Crippen LogP contribution in [0.1, 0.15) is 21.2 Å². The maximum atomic E-state index is 12.3. The standard InChI is InChI=1S/C17H11N3O2S/c1-2-12-11-23-17(20-12)9-16(21)15-8-13(5-7-19-15)22-14-4-3-6-18-10-14/h1,3-8,10-11H,9H2. The Bertz CT molecular complexity index is 869. The second-order valence-electron chi connectivity index (χ2n) is 4.54. The molecule has 0 atom stereocenters. The lowest BCUT2D eigenvalue weighted by Gasteiger charge is -2.05. The maximum Gasteiger partial charge on any atom is 0.188 e. The van der Waals surface area contributed by atoms with Crippen molar-refractivity contribution in [1.29, 1.82) is 0 Å². The molecule has 0 fully saturated rings. The van der Waals surface area contributed by atoms with Crippen LogP contribution in [0.25, 0.3) is 0 Å².